The molecule has 140 valence electrons. The second-order valence-electron chi connectivity index (χ2n) is 6.74. The van der Waals surface area contributed by atoms with E-state index < -0.39 is 5.91 Å². The maximum absolute atomic E-state index is 13.1. The number of amides is 1. The Bertz CT molecular complexity index is 1020. The first-order valence-electron chi connectivity index (χ1n) is 8.65. The summed E-state index contributed by atoms with van der Waals surface area (Å²) in [5, 5.41) is 9.21. The van der Waals surface area contributed by atoms with E-state index in [9.17, 15) is 14.9 Å². The van der Waals surface area contributed by atoms with Gasteiger partial charge in [0.1, 0.15) is 23.1 Å². The minimum Gasteiger partial charge on any atom is -0.372 e. The van der Waals surface area contributed by atoms with Crippen LogP contribution < -0.4 is 16.2 Å². The lowest BCUT2D eigenvalue weighted by molar-refractivity contribution is -0.114. The highest BCUT2D eigenvalue weighted by Gasteiger charge is 2.27. The molecule has 0 aliphatic carbocycles. The highest BCUT2D eigenvalue weighted by molar-refractivity contribution is 6.01. The van der Waals surface area contributed by atoms with Crippen LogP contribution in [0.2, 0.25) is 0 Å². The van der Waals surface area contributed by atoms with Crippen molar-refractivity contribution >= 4 is 23.4 Å². The van der Waals surface area contributed by atoms with Crippen LogP contribution in [0.15, 0.2) is 28.7 Å². The summed E-state index contributed by atoms with van der Waals surface area (Å²) in [6, 6.07) is 5.37. The van der Waals surface area contributed by atoms with Gasteiger partial charge in [-0.1, -0.05) is 6.07 Å². The van der Waals surface area contributed by atoms with E-state index in [4.69, 9.17) is 15.5 Å². The van der Waals surface area contributed by atoms with Crippen molar-refractivity contribution in [2.75, 3.05) is 18.0 Å². The zero-order chi connectivity index (χ0) is 19.7. The van der Waals surface area contributed by atoms with Gasteiger partial charge in [-0.2, -0.15) is 5.26 Å². The largest absolute Gasteiger partial charge is 0.372 e. The summed E-state index contributed by atoms with van der Waals surface area (Å²) >= 11 is 0. The van der Waals surface area contributed by atoms with Crippen molar-refractivity contribution in [3.63, 3.8) is 0 Å². The molecule has 2 atom stereocenters. The summed E-state index contributed by atoms with van der Waals surface area (Å²) in [5.41, 5.74) is 6.14. The summed E-state index contributed by atoms with van der Waals surface area (Å²) < 4.78 is 7.18. The van der Waals surface area contributed by atoms with Gasteiger partial charge in [0.15, 0.2) is 0 Å². The number of carbonyl (C=O) groups is 1. The first-order chi connectivity index (χ1) is 12.8. The number of nitriles is 1. The Morgan fingerprint density at radius 2 is 2.07 bits per heavy atom. The molecular formula is C19H21N5O3. The summed E-state index contributed by atoms with van der Waals surface area (Å²) in [7, 11) is 0. The molecule has 3 rings (SSSR count). The van der Waals surface area contributed by atoms with E-state index in [-0.39, 0.29) is 28.9 Å². The normalized spacial score (nSPS) is 20.5. The van der Waals surface area contributed by atoms with E-state index in [0.717, 1.165) is 5.56 Å². The first kappa shape index (κ1) is 18.6. The number of nitrogens with zero attached hydrogens (tertiary/aromatic N) is 4. The zero-order valence-electron chi connectivity index (χ0n) is 15.5. The highest BCUT2D eigenvalue weighted by Crippen LogP contribution is 2.24. The number of anilines is 1. The number of aryl methyl sites for hydroxylation is 1. The molecule has 0 saturated carbocycles. The number of rotatable bonds is 3. The third-order valence-corrected chi connectivity index (χ3v) is 4.46. The van der Waals surface area contributed by atoms with Crippen LogP contribution in [-0.4, -0.2) is 40.6 Å². The van der Waals surface area contributed by atoms with E-state index in [1.54, 1.807) is 18.3 Å². The molecule has 1 aliphatic rings. The van der Waals surface area contributed by atoms with Gasteiger partial charge in [-0.25, -0.2) is 4.98 Å². The number of hydrogen-bond acceptors (Lipinski definition) is 6. The molecule has 0 radical (unpaired) electrons. The third kappa shape index (κ3) is 3.55. The molecule has 1 fully saturated rings. The molecule has 2 aromatic rings. The maximum Gasteiger partial charge on any atom is 0.267 e. The molecule has 1 aliphatic heterocycles. The second-order valence-corrected chi connectivity index (χ2v) is 6.74. The van der Waals surface area contributed by atoms with Crippen LogP contribution in [0.4, 0.5) is 5.82 Å². The Kier molecular flexibility index (Phi) is 4.97. The fraction of sp³-hybridized carbons (Fsp3) is 0.368. The van der Waals surface area contributed by atoms with Gasteiger partial charge >= 0.3 is 0 Å². The molecule has 1 saturated heterocycles. The number of hydrogen-bond donors (Lipinski definition) is 1. The minimum absolute atomic E-state index is 0.0470. The lowest BCUT2D eigenvalue weighted by Gasteiger charge is -2.36. The van der Waals surface area contributed by atoms with Crippen LogP contribution in [0, 0.1) is 18.3 Å². The molecular weight excluding hydrogens is 346 g/mol. The van der Waals surface area contributed by atoms with Crippen LogP contribution >= 0.6 is 0 Å². The van der Waals surface area contributed by atoms with Crippen molar-refractivity contribution in [3.05, 3.63) is 45.4 Å². The van der Waals surface area contributed by atoms with Gasteiger partial charge in [-0.05, 0) is 38.5 Å². The van der Waals surface area contributed by atoms with Crippen LogP contribution in [0.5, 0.6) is 0 Å². The number of pyridine rings is 1. The zero-order valence-corrected chi connectivity index (χ0v) is 15.5. The Morgan fingerprint density at radius 1 is 1.41 bits per heavy atom. The lowest BCUT2D eigenvalue weighted by atomic mass is 10.1. The van der Waals surface area contributed by atoms with Crippen LogP contribution in [0.25, 0.3) is 11.7 Å². The average Bonchev–Trinajstić information content (AvgIpc) is 2.60. The SMILES string of the molecule is Cc1cccn2c(=O)c(/C=C(\C#N)C(N)=O)c(N3C[C@@H](C)O[C@H](C)C3)nc12. The van der Waals surface area contributed by atoms with Crippen molar-refractivity contribution < 1.29 is 9.53 Å². The van der Waals surface area contributed by atoms with Crippen LogP contribution in [0.3, 0.4) is 0 Å². The first-order valence-corrected chi connectivity index (χ1v) is 8.65. The quantitative estimate of drug-likeness (QED) is 0.640. The predicted molar refractivity (Wildman–Crippen MR) is 101 cm³/mol. The van der Waals surface area contributed by atoms with Gasteiger partial charge in [-0.15, -0.1) is 0 Å². The smallest absolute Gasteiger partial charge is 0.267 e. The fourth-order valence-corrected chi connectivity index (χ4v) is 3.32. The van der Waals surface area contributed by atoms with Gasteiger partial charge in [-0.3, -0.25) is 14.0 Å². The van der Waals surface area contributed by atoms with E-state index >= 15 is 0 Å². The van der Waals surface area contributed by atoms with Gasteiger partial charge < -0.3 is 15.4 Å². The number of primary amides is 1. The Hall–Kier alpha value is -3.18. The molecule has 3 heterocycles. The standard InChI is InChI=1S/C19H21N5O3/c1-11-5-4-6-24-17(11)22-18(23-9-12(2)27-13(3)10-23)15(19(24)26)7-14(8-20)16(21)25/h4-7,12-13H,9-10H2,1-3H3,(H2,21,25)/b14-7+/t12-,13-/m1/s1. The summed E-state index contributed by atoms with van der Waals surface area (Å²) in [5.74, 6) is -0.466. The Labute approximate surface area is 156 Å². The van der Waals surface area contributed by atoms with Crippen LogP contribution in [0.1, 0.15) is 25.0 Å². The fourth-order valence-electron chi connectivity index (χ4n) is 3.32. The number of morpholine rings is 1. The van der Waals surface area contributed by atoms with Gasteiger partial charge in [0.05, 0.1) is 17.8 Å². The topological polar surface area (TPSA) is 114 Å². The molecule has 8 heteroatoms. The van der Waals surface area contributed by atoms with Gasteiger partial charge in [0, 0.05) is 19.3 Å². The predicted octanol–water partition coefficient (Wildman–Crippen LogP) is 1.01. The highest BCUT2D eigenvalue weighted by atomic mass is 16.5. The van der Waals surface area contributed by atoms with Crippen molar-refractivity contribution in [1.82, 2.24) is 9.38 Å². The summed E-state index contributed by atoms with van der Waals surface area (Å²) in [6.07, 6.45) is 2.75. The van der Waals surface area contributed by atoms with E-state index in [1.807, 2.05) is 31.7 Å². The van der Waals surface area contributed by atoms with Crippen LogP contribution in [-0.2, 0) is 9.53 Å². The Morgan fingerprint density at radius 3 is 2.67 bits per heavy atom. The molecule has 8 nitrogen and oxygen atoms in total. The molecule has 0 unspecified atom stereocenters. The number of ether oxygens (including phenoxy) is 1. The maximum atomic E-state index is 13.1. The molecule has 0 spiro atoms. The summed E-state index contributed by atoms with van der Waals surface area (Å²) in [4.78, 5) is 31.3. The molecule has 0 aromatic carbocycles. The number of aromatic nitrogens is 2. The van der Waals surface area contributed by atoms with Crippen molar-refractivity contribution in [3.8, 4) is 6.07 Å². The second kappa shape index (κ2) is 7.21. The van der Waals surface area contributed by atoms with E-state index in [1.165, 1.54) is 10.5 Å². The molecule has 2 N–H and O–H groups in total. The minimum atomic E-state index is -0.888. The van der Waals surface area contributed by atoms with E-state index in [2.05, 4.69) is 0 Å². The number of nitrogens with two attached hydrogens (primary N) is 1. The van der Waals surface area contributed by atoms with Crippen molar-refractivity contribution in [1.29, 1.82) is 5.26 Å². The molecule has 2 aromatic heterocycles. The Balaban J connectivity index is 2.31. The lowest BCUT2D eigenvalue weighted by Crippen LogP contribution is -2.46. The van der Waals surface area contributed by atoms with E-state index in [0.29, 0.717) is 24.6 Å². The van der Waals surface area contributed by atoms with Gasteiger partial charge in [0.2, 0.25) is 0 Å². The summed E-state index contributed by atoms with van der Waals surface area (Å²) in [6.45, 7) is 6.84. The molecule has 0 bridgehead atoms. The molecule has 1 amide bonds. The molecule has 27 heavy (non-hydrogen) atoms. The van der Waals surface area contributed by atoms with Crippen molar-refractivity contribution in [2.45, 2.75) is 33.0 Å². The monoisotopic (exact) mass is 367 g/mol. The van der Waals surface area contributed by atoms with Gasteiger partial charge in [0.25, 0.3) is 11.5 Å². The average molecular weight is 367 g/mol. The number of fused-ring (bicyclic) bond motifs is 1. The number of carbonyl (C=O) groups excluding carboxylic acids is 1. The third-order valence-electron chi connectivity index (χ3n) is 4.46. The van der Waals surface area contributed by atoms with Crippen molar-refractivity contribution in [2.24, 2.45) is 5.73 Å².